The van der Waals surface area contributed by atoms with E-state index in [2.05, 4.69) is 10.1 Å². The van der Waals surface area contributed by atoms with Gasteiger partial charge in [-0.15, -0.1) is 0 Å². The second kappa shape index (κ2) is 8.10. The van der Waals surface area contributed by atoms with E-state index in [1.165, 1.54) is 30.3 Å². The van der Waals surface area contributed by atoms with Gasteiger partial charge in [0.05, 0.1) is 11.3 Å². The first kappa shape index (κ1) is 20.4. The number of esters is 1. The molecule has 1 fully saturated rings. The molecule has 0 bridgehead atoms. The highest BCUT2D eigenvalue weighted by Crippen LogP contribution is 2.25. The molecule has 2 aromatic carbocycles. The summed E-state index contributed by atoms with van der Waals surface area (Å²) in [5.41, 5.74) is 1.58. The molecule has 2 heterocycles. The minimum absolute atomic E-state index is 0.0641. The van der Waals surface area contributed by atoms with Gasteiger partial charge in [0.25, 0.3) is 5.89 Å². The van der Waals surface area contributed by atoms with Gasteiger partial charge in [-0.05, 0) is 49.7 Å². The molecule has 1 unspecified atom stereocenters. The van der Waals surface area contributed by atoms with Gasteiger partial charge >= 0.3 is 5.97 Å². The van der Waals surface area contributed by atoms with Gasteiger partial charge in [-0.3, -0.25) is 14.5 Å². The van der Waals surface area contributed by atoms with Crippen molar-refractivity contribution >= 4 is 23.5 Å². The van der Waals surface area contributed by atoms with E-state index in [1.807, 2.05) is 0 Å². The maximum atomic E-state index is 13.8. The smallest absolute Gasteiger partial charge is 0.338 e. The second-order valence-corrected chi connectivity index (χ2v) is 7.14. The molecule has 1 atom stereocenters. The number of halogens is 1. The fraction of sp³-hybridized carbons (Fsp3) is 0.227. The summed E-state index contributed by atoms with van der Waals surface area (Å²) in [5.74, 6) is -1.32. The van der Waals surface area contributed by atoms with E-state index >= 15 is 0 Å². The molecule has 1 aliphatic rings. The van der Waals surface area contributed by atoms with Crippen LogP contribution in [-0.4, -0.2) is 27.9 Å². The lowest BCUT2D eigenvalue weighted by molar-refractivity contribution is -0.121. The van der Waals surface area contributed by atoms with Crippen LogP contribution in [0.3, 0.4) is 0 Å². The van der Waals surface area contributed by atoms with Crippen LogP contribution in [0.25, 0.3) is 11.4 Å². The van der Waals surface area contributed by atoms with Crippen molar-refractivity contribution in [3.05, 3.63) is 65.3 Å². The third kappa shape index (κ3) is 4.07. The molecular formula is C22H18FN3O5. The summed E-state index contributed by atoms with van der Waals surface area (Å²) in [6.45, 7) is 3.22. The quantitative estimate of drug-likeness (QED) is 0.455. The Morgan fingerprint density at radius 2 is 1.81 bits per heavy atom. The molecule has 1 aliphatic heterocycles. The second-order valence-electron chi connectivity index (χ2n) is 7.14. The van der Waals surface area contributed by atoms with Gasteiger partial charge in [0, 0.05) is 18.4 Å². The topological polar surface area (TPSA) is 103 Å². The van der Waals surface area contributed by atoms with Crippen LogP contribution in [0, 0.1) is 12.7 Å². The lowest BCUT2D eigenvalue weighted by Gasteiger charge is -2.14. The van der Waals surface area contributed by atoms with Crippen molar-refractivity contribution in [2.75, 3.05) is 4.90 Å². The third-order valence-corrected chi connectivity index (χ3v) is 4.92. The molecule has 0 radical (unpaired) electrons. The Morgan fingerprint density at radius 1 is 1.13 bits per heavy atom. The van der Waals surface area contributed by atoms with E-state index in [4.69, 9.17) is 9.26 Å². The Morgan fingerprint density at radius 3 is 2.45 bits per heavy atom. The van der Waals surface area contributed by atoms with Crippen molar-refractivity contribution in [3.63, 3.8) is 0 Å². The van der Waals surface area contributed by atoms with Gasteiger partial charge in [-0.2, -0.15) is 4.98 Å². The number of hydrogen-bond donors (Lipinski definition) is 0. The molecule has 9 heteroatoms. The molecule has 8 nitrogen and oxygen atoms in total. The van der Waals surface area contributed by atoms with Crippen LogP contribution in [-0.2, 0) is 14.3 Å². The van der Waals surface area contributed by atoms with Gasteiger partial charge in [0.2, 0.25) is 17.6 Å². The summed E-state index contributed by atoms with van der Waals surface area (Å²) >= 11 is 0. The van der Waals surface area contributed by atoms with Crippen molar-refractivity contribution in [3.8, 4) is 11.4 Å². The van der Waals surface area contributed by atoms with Gasteiger partial charge in [-0.1, -0.05) is 17.3 Å². The number of rotatable bonds is 5. The van der Waals surface area contributed by atoms with Crippen LogP contribution < -0.4 is 4.90 Å². The van der Waals surface area contributed by atoms with Gasteiger partial charge in [0.1, 0.15) is 5.82 Å². The van der Waals surface area contributed by atoms with Gasteiger partial charge in [-0.25, -0.2) is 9.18 Å². The average Bonchev–Trinajstić information content (AvgIpc) is 3.37. The van der Waals surface area contributed by atoms with Crippen molar-refractivity contribution < 1.29 is 28.0 Å². The number of carbonyl (C=O) groups is 3. The number of benzene rings is 2. The Hall–Kier alpha value is -3.88. The SMILES string of the molecule is Cc1ccc(-c2noc(C(C)OC(=O)c3ccc(N4C(=O)CCC4=O)cc3)n2)cc1F. The normalized spacial score (nSPS) is 14.7. The third-order valence-electron chi connectivity index (χ3n) is 4.92. The number of amides is 2. The number of imide groups is 1. The highest BCUT2D eigenvalue weighted by atomic mass is 19.1. The van der Waals surface area contributed by atoms with Crippen molar-refractivity contribution in [2.45, 2.75) is 32.8 Å². The standard InChI is InChI=1S/C22H18FN3O5/c1-12-3-4-15(11-17(12)23)20-24-21(31-25-20)13(2)30-22(29)14-5-7-16(8-6-14)26-18(27)9-10-19(26)28/h3-8,11,13H,9-10H2,1-2H3. The fourth-order valence-electron chi connectivity index (χ4n) is 3.14. The van der Waals surface area contributed by atoms with E-state index in [0.717, 1.165) is 4.90 Å². The van der Waals surface area contributed by atoms with Crippen molar-refractivity contribution in [2.24, 2.45) is 0 Å². The first-order valence-electron chi connectivity index (χ1n) is 9.60. The molecular weight excluding hydrogens is 405 g/mol. The Labute approximate surface area is 176 Å². The van der Waals surface area contributed by atoms with Crippen molar-refractivity contribution in [1.29, 1.82) is 0 Å². The number of aromatic nitrogens is 2. The van der Waals surface area contributed by atoms with Crippen LogP contribution in [0.1, 0.15) is 47.7 Å². The minimum atomic E-state index is -0.842. The zero-order valence-electron chi connectivity index (χ0n) is 16.8. The molecule has 3 aromatic rings. The number of ether oxygens (including phenoxy) is 1. The zero-order chi connectivity index (χ0) is 22.1. The highest BCUT2D eigenvalue weighted by molar-refractivity contribution is 6.19. The molecule has 158 valence electrons. The van der Waals surface area contributed by atoms with E-state index in [1.54, 1.807) is 26.0 Å². The summed E-state index contributed by atoms with van der Waals surface area (Å²) < 4.78 is 24.3. The molecule has 0 aliphatic carbocycles. The lowest BCUT2D eigenvalue weighted by Crippen LogP contribution is -2.28. The summed E-state index contributed by atoms with van der Waals surface area (Å²) in [5, 5.41) is 3.81. The summed E-state index contributed by atoms with van der Waals surface area (Å²) in [6, 6.07) is 10.5. The zero-order valence-corrected chi connectivity index (χ0v) is 16.8. The first-order chi connectivity index (χ1) is 14.8. The maximum absolute atomic E-state index is 13.8. The van der Waals surface area contributed by atoms with Gasteiger partial charge < -0.3 is 9.26 Å². The van der Waals surface area contributed by atoms with Gasteiger partial charge in [0.15, 0.2) is 6.10 Å². The molecule has 0 N–H and O–H groups in total. The van der Waals surface area contributed by atoms with Crippen LogP contribution >= 0.6 is 0 Å². The Balaban J connectivity index is 1.44. The summed E-state index contributed by atoms with van der Waals surface area (Å²) in [7, 11) is 0. The first-order valence-corrected chi connectivity index (χ1v) is 9.60. The monoisotopic (exact) mass is 423 g/mol. The van der Waals surface area contributed by atoms with Crippen LogP contribution in [0.2, 0.25) is 0 Å². The van der Waals surface area contributed by atoms with Crippen LogP contribution in [0.5, 0.6) is 0 Å². The van der Waals surface area contributed by atoms with Crippen molar-refractivity contribution in [1.82, 2.24) is 10.1 Å². The number of hydrogen-bond acceptors (Lipinski definition) is 7. The summed E-state index contributed by atoms with van der Waals surface area (Å²) in [4.78, 5) is 41.4. The fourth-order valence-corrected chi connectivity index (χ4v) is 3.14. The molecule has 1 saturated heterocycles. The molecule has 1 aromatic heterocycles. The Bertz CT molecular complexity index is 1160. The van der Waals surface area contributed by atoms with E-state index < -0.39 is 12.1 Å². The maximum Gasteiger partial charge on any atom is 0.338 e. The largest absolute Gasteiger partial charge is 0.449 e. The van der Waals surface area contributed by atoms with E-state index in [9.17, 15) is 18.8 Å². The van der Waals surface area contributed by atoms with Crippen LogP contribution in [0.15, 0.2) is 47.0 Å². The molecule has 2 amide bonds. The van der Waals surface area contributed by atoms with Crippen LogP contribution in [0.4, 0.5) is 10.1 Å². The lowest BCUT2D eigenvalue weighted by atomic mass is 10.1. The number of nitrogens with zero attached hydrogens (tertiary/aromatic N) is 3. The molecule has 0 saturated carbocycles. The predicted molar refractivity (Wildman–Crippen MR) is 106 cm³/mol. The molecule has 0 spiro atoms. The average molecular weight is 423 g/mol. The highest BCUT2D eigenvalue weighted by Gasteiger charge is 2.30. The predicted octanol–water partition coefficient (Wildman–Crippen LogP) is 3.76. The number of carbonyl (C=O) groups excluding carboxylic acids is 3. The molecule has 4 rings (SSSR count). The van der Waals surface area contributed by atoms with E-state index in [-0.39, 0.29) is 47.8 Å². The Kier molecular flexibility index (Phi) is 5.33. The number of anilines is 1. The minimum Gasteiger partial charge on any atom is -0.449 e. The van der Waals surface area contributed by atoms with E-state index in [0.29, 0.717) is 16.8 Å². The molecule has 31 heavy (non-hydrogen) atoms. The number of aryl methyl sites for hydroxylation is 1. The summed E-state index contributed by atoms with van der Waals surface area (Å²) in [6.07, 6.45) is -0.478.